The molecule has 2 rings (SSSR count). The van der Waals surface area contributed by atoms with E-state index >= 15 is 0 Å². The van der Waals surface area contributed by atoms with E-state index in [1.807, 2.05) is 0 Å². The van der Waals surface area contributed by atoms with Gasteiger partial charge in [0.05, 0.1) is 6.10 Å². The van der Waals surface area contributed by atoms with Crippen molar-refractivity contribution < 1.29 is 14.2 Å². The van der Waals surface area contributed by atoms with E-state index in [4.69, 9.17) is 10.5 Å². The van der Waals surface area contributed by atoms with Gasteiger partial charge in [0, 0.05) is 17.9 Å². The summed E-state index contributed by atoms with van der Waals surface area (Å²) in [6.45, 7) is 0.650. The fraction of sp³-hybridized carbons (Fsp3) is 0.455. The predicted octanol–water partition coefficient (Wildman–Crippen LogP) is 1.62. The number of benzene rings is 1. The number of rotatable bonds is 2. The molecule has 0 aromatic heterocycles. The number of nitrogens with two attached hydrogens (primary N) is 1. The lowest BCUT2D eigenvalue weighted by molar-refractivity contribution is -0.00234. The standard InChI is InChI=1S/C11H14FNO2/c12-7-3-4-9(13)8(6-7)11(14)10-2-1-5-15-10/h3-4,6,10-11,14H,1-2,5,13H2. The minimum absolute atomic E-state index is 0.255. The number of aliphatic hydroxyl groups excluding tert-OH is 1. The number of nitrogen functional groups attached to an aromatic ring is 1. The van der Waals surface area contributed by atoms with Crippen LogP contribution in [-0.2, 0) is 4.74 Å². The zero-order valence-electron chi connectivity index (χ0n) is 8.32. The molecule has 0 spiro atoms. The van der Waals surface area contributed by atoms with Gasteiger partial charge in [0.25, 0.3) is 0 Å². The first-order valence-corrected chi connectivity index (χ1v) is 5.03. The Morgan fingerprint density at radius 2 is 2.33 bits per heavy atom. The van der Waals surface area contributed by atoms with Crippen molar-refractivity contribution in [3.63, 3.8) is 0 Å². The van der Waals surface area contributed by atoms with E-state index in [2.05, 4.69) is 0 Å². The fourth-order valence-corrected chi connectivity index (χ4v) is 1.85. The average molecular weight is 211 g/mol. The second-order valence-electron chi connectivity index (χ2n) is 3.77. The summed E-state index contributed by atoms with van der Waals surface area (Å²) in [7, 11) is 0. The second-order valence-corrected chi connectivity index (χ2v) is 3.77. The second kappa shape index (κ2) is 4.16. The quantitative estimate of drug-likeness (QED) is 0.731. The van der Waals surface area contributed by atoms with Gasteiger partial charge in [-0.3, -0.25) is 0 Å². The lowest BCUT2D eigenvalue weighted by Crippen LogP contribution is -2.18. The van der Waals surface area contributed by atoms with Gasteiger partial charge in [0.1, 0.15) is 11.9 Å². The van der Waals surface area contributed by atoms with E-state index in [9.17, 15) is 9.50 Å². The molecule has 3 N–H and O–H groups in total. The van der Waals surface area contributed by atoms with Gasteiger partial charge in [-0.2, -0.15) is 0 Å². The third-order valence-corrected chi connectivity index (χ3v) is 2.68. The van der Waals surface area contributed by atoms with Gasteiger partial charge >= 0.3 is 0 Å². The Bertz CT molecular complexity index is 350. The largest absolute Gasteiger partial charge is 0.398 e. The Balaban J connectivity index is 2.23. The molecule has 0 radical (unpaired) electrons. The molecule has 1 aromatic rings. The molecule has 0 saturated carbocycles. The molecule has 0 bridgehead atoms. The number of aliphatic hydroxyl groups is 1. The molecule has 1 aliphatic rings. The molecule has 2 atom stereocenters. The maximum Gasteiger partial charge on any atom is 0.123 e. The van der Waals surface area contributed by atoms with E-state index in [0.717, 1.165) is 12.8 Å². The predicted molar refractivity (Wildman–Crippen MR) is 54.7 cm³/mol. The van der Waals surface area contributed by atoms with Crippen LogP contribution in [0.5, 0.6) is 0 Å². The summed E-state index contributed by atoms with van der Waals surface area (Å²) in [4.78, 5) is 0. The Labute approximate surface area is 87.7 Å². The molecule has 82 valence electrons. The summed E-state index contributed by atoms with van der Waals surface area (Å²) >= 11 is 0. The van der Waals surface area contributed by atoms with Crippen molar-refractivity contribution in [2.24, 2.45) is 0 Å². The highest BCUT2D eigenvalue weighted by Crippen LogP contribution is 2.30. The lowest BCUT2D eigenvalue weighted by Gasteiger charge is -2.19. The molecule has 0 aliphatic carbocycles. The average Bonchev–Trinajstić information content (AvgIpc) is 2.74. The van der Waals surface area contributed by atoms with E-state index in [1.54, 1.807) is 0 Å². The Morgan fingerprint density at radius 1 is 1.53 bits per heavy atom. The van der Waals surface area contributed by atoms with Crippen LogP contribution < -0.4 is 5.73 Å². The van der Waals surface area contributed by atoms with E-state index in [1.165, 1.54) is 18.2 Å². The Kier molecular flexibility index (Phi) is 2.88. The van der Waals surface area contributed by atoms with Gasteiger partial charge in [-0.25, -0.2) is 4.39 Å². The van der Waals surface area contributed by atoms with Crippen LogP contribution in [0.2, 0.25) is 0 Å². The van der Waals surface area contributed by atoms with Crippen LogP contribution in [-0.4, -0.2) is 17.8 Å². The van der Waals surface area contributed by atoms with Gasteiger partial charge in [0.2, 0.25) is 0 Å². The molecule has 1 fully saturated rings. The van der Waals surface area contributed by atoms with Gasteiger partial charge < -0.3 is 15.6 Å². The third-order valence-electron chi connectivity index (χ3n) is 2.68. The molecular weight excluding hydrogens is 197 g/mol. The van der Waals surface area contributed by atoms with Crippen molar-refractivity contribution in [3.05, 3.63) is 29.6 Å². The zero-order valence-corrected chi connectivity index (χ0v) is 8.32. The smallest absolute Gasteiger partial charge is 0.123 e. The molecule has 3 nitrogen and oxygen atoms in total. The van der Waals surface area contributed by atoms with Crippen molar-refractivity contribution in [1.29, 1.82) is 0 Å². The molecule has 1 aromatic carbocycles. The van der Waals surface area contributed by atoms with Crippen molar-refractivity contribution in [1.82, 2.24) is 0 Å². The minimum atomic E-state index is -0.830. The normalized spacial score (nSPS) is 22.9. The Morgan fingerprint density at radius 3 is 3.00 bits per heavy atom. The molecule has 1 saturated heterocycles. The number of hydrogen-bond donors (Lipinski definition) is 2. The van der Waals surface area contributed by atoms with Crippen LogP contribution in [0.3, 0.4) is 0 Å². The summed E-state index contributed by atoms with van der Waals surface area (Å²) < 4.78 is 18.3. The summed E-state index contributed by atoms with van der Waals surface area (Å²) in [5.74, 6) is -0.392. The van der Waals surface area contributed by atoms with Gasteiger partial charge in [-0.1, -0.05) is 0 Å². The lowest BCUT2D eigenvalue weighted by atomic mass is 10.0. The summed E-state index contributed by atoms with van der Waals surface area (Å²) in [6.07, 6.45) is 0.631. The number of anilines is 1. The zero-order chi connectivity index (χ0) is 10.8. The molecule has 2 unspecified atom stereocenters. The van der Waals surface area contributed by atoms with Gasteiger partial charge in [0.15, 0.2) is 0 Å². The summed E-state index contributed by atoms with van der Waals surface area (Å²) in [6, 6.07) is 4.01. The molecule has 15 heavy (non-hydrogen) atoms. The molecule has 0 amide bonds. The van der Waals surface area contributed by atoms with E-state index in [-0.39, 0.29) is 6.10 Å². The molecule has 4 heteroatoms. The first kappa shape index (κ1) is 10.4. The summed E-state index contributed by atoms with van der Waals surface area (Å²) in [5.41, 5.74) is 6.50. The minimum Gasteiger partial charge on any atom is -0.398 e. The van der Waals surface area contributed by atoms with Gasteiger partial charge in [-0.05, 0) is 31.0 Å². The highest BCUT2D eigenvalue weighted by atomic mass is 19.1. The maximum atomic E-state index is 13.0. The monoisotopic (exact) mass is 211 g/mol. The van der Waals surface area contributed by atoms with Gasteiger partial charge in [-0.15, -0.1) is 0 Å². The van der Waals surface area contributed by atoms with Crippen molar-refractivity contribution >= 4 is 5.69 Å². The first-order chi connectivity index (χ1) is 7.18. The first-order valence-electron chi connectivity index (χ1n) is 5.03. The van der Waals surface area contributed by atoms with Crippen molar-refractivity contribution in [2.75, 3.05) is 12.3 Å². The topological polar surface area (TPSA) is 55.5 Å². The van der Waals surface area contributed by atoms with Crippen LogP contribution in [0.15, 0.2) is 18.2 Å². The van der Waals surface area contributed by atoms with Crippen LogP contribution in [0, 0.1) is 5.82 Å². The van der Waals surface area contributed by atoms with E-state index in [0.29, 0.717) is 17.9 Å². The number of ether oxygens (including phenoxy) is 1. The Hall–Kier alpha value is -1.13. The SMILES string of the molecule is Nc1ccc(F)cc1C(O)C1CCCO1. The third kappa shape index (κ3) is 2.11. The van der Waals surface area contributed by atoms with Crippen LogP contribution in [0.4, 0.5) is 10.1 Å². The molecule has 1 aliphatic heterocycles. The molecule has 1 heterocycles. The maximum absolute atomic E-state index is 13.0. The highest BCUT2D eigenvalue weighted by molar-refractivity contribution is 5.48. The summed E-state index contributed by atoms with van der Waals surface area (Å²) in [5, 5.41) is 9.95. The van der Waals surface area contributed by atoms with Crippen LogP contribution >= 0.6 is 0 Å². The number of halogens is 1. The van der Waals surface area contributed by atoms with E-state index < -0.39 is 11.9 Å². The molecular formula is C11H14FNO2. The number of hydrogen-bond acceptors (Lipinski definition) is 3. The van der Waals surface area contributed by atoms with Crippen molar-refractivity contribution in [3.8, 4) is 0 Å². The van der Waals surface area contributed by atoms with Crippen LogP contribution in [0.25, 0.3) is 0 Å². The van der Waals surface area contributed by atoms with Crippen LogP contribution in [0.1, 0.15) is 24.5 Å². The fourth-order valence-electron chi connectivity index (χ4n) is 1.85. The van der Waals surface area contributed by atoms with Crippen molar-refractivity contribution in [2.45, 2.75) is 25.0 Å². The highest BCUT2D eigenvalue weighted by Gasteiger charge is 2.26.